The van der Waals surface area contributed by atoms with Gasteiger partial charge in [0.25, 0.3) is 0 Å². The Kier molecular flexibility index (Phi) is 7.58. The maximum Gasteiger partial charge on any atom is -0.0348 e. The quantitative estimate of drug-likeness (QED) is 0.401. The van der Waals surface area contributed by atoms with Crippen molar-refractivity contribution in [2.75, 3.05) is 0 Å². The van der Waals surface area contributed by atoms with Gasteiger partial charge < -0.3 is 0 Å². The fourth-order valence-corrected chi connectivity index (χ4v) is 0.580. The van der Waals surface area contributed by atoms with Crippen LogP contribution >= 0.6 is 0 Å². The minimum Gasteiger partial charge on any atom is -0.0991 e. The molecule has 0 saturated carbocycles. The van der Waals surface area contributed by atoms with Crippen LogP contribution < -0.4 is 0 Å². The van der Waals surface area contributed by atoms with Gasteiger partial charge in [0.2, 0.25) is 0 Å². The Morgan fingerprint density at radius 2 is 1.90 bits per heavy atom. The zero-order chi connectivity index (χ0) is 7.66. The van der Waals surface area contributed by atoms with E-state index in [1.807, 2.05) is 18.2 Å². The minimum atomic E-state index is 1.02. The second-order valence-electron chi connectivity index (χ2n) is 2.04. The minimum absolute atomic E-state index is 1.02. The van der Waals surface area contributed by atoms with Crippen LogP contribution in [0.25, 0.3) is 0 Å². The van der Waals surface area contributed by atoms with E-state index >= 15 is 0 Å². The van der Waals surface area contributed by atoms with Gasteiger partial charge >= 0.3 is 0 Å². The van der Waals surface area contributed by atoms with Crippen LogP contribution in [0.4, 0.5) is 0 Å². The SMILES string of the molecule is [CH2]CCC/C=C/C=C/C=C. The predicted octanol–water partition coefficient (Wildman–Crippen LogP) is 3.29. The Labute approximate surface area is 64.0 Å². The van der Waals surface area contributed by atoms with Gasteiger partial charge in [0.1, 0.15) is 0 Å². The van der Waals surface area contributed by atoms with E-state index < -0.39 is 0 Å². The summed E-state index contributed by atoms with van der Waals surface area (Å²) in [6.07, 6.45) is 13.2. The maximum absolute atomic E-state index is 3.75. The van der Waals surface area contributed by atoms with E-state index in [1.165, 1.54) is 6.42 Å². The summed E-state index contributed by atoms with van der Waals surface area (Å²) in [5, 5.41) is 0. The molecule has 0 amide bonds. The van der Waals surface area contributed by atoms with Crippen LogP contribution in [0.2, 0.25) is 0 Å². The van der Waals surface area contributed by atoms with Crippen molar-refractivity contribution in [1.82, 2.24) is 0 Å². The molecule has 0 fully saturated rings. The monoisotopic (exact) mass is 135 g/mol. The van der Waals surface area contributed by atoms with Crippen molar-refractivity contribution >= 4 is 0 Å². The lowest BCUT2D eigenvalue weighted by Crippen LogP contribution is -1.64. The molecule has 0 aromatic heterocycles. The van der Waals surface area contributed by atoms with Crippen LogP contribution in [0.5, 0.6) is 0 Å². The van der Waals surface area contributed by atoms with E-state index in [2.05, 4.69) is 19.6 Å². The fourth-order valence-electron chi connectivity index (χ4n) is 0.580. The van der Waals surface area contributed by atoms with Gasteiger partial charge in [0, 0.05) is 0 Å². The molecular formula is C10H15. The highest BCUT2D eigenvalue weighted by molar-refractivity contribution is 5.08. The number of unbranched alkanes of at least 4 members (excludes halogenated alkanes) is 2. The summed E-state index contributed by atoms with van der Waals surface area (Å²) >= 11 is 0. The summed E-state index contributed by atoms with van der Waals surface area (Å²) in [7, 11) is 0. The third-order valence-electron chi connectivity index (χ3n) is 1.12. The number of rotatable bonds is 5. The van der Waals surface area contributed by atoms with Crippen molar-refractivity contribution in [3.05, 3.63) is 43.9 Å². The highest BCUT2D eigenvalue weighted by atomic mass is 13.8. The summed E-state index contributed by atoms with van der Waals surface area (Å²) in [5.41, 5.74) is 0. The zero-order valence-corrected chi connectivity index (χ0v) is 6.42. The summed E-state index contributed by atoms with van der Waals surface area (Å²) in [6.45, 7) is 7.32. The van der Waals surface area contributed by atoms with E-state index in [0.29, 0.717) is 0 Å². The summed E-state index contributed by atoms with van der Waals surface area (Å²) in [5.74, 6) is 0. The highest BCUT2D eigenvalue weighted by Gasteiger charge is 1.74. The molecule has 0 aromatic carbocycles. The first-order valence-electron chi connectivity index (χ1n) is 3.65. The van der Waals surface area contributed by atoms with Crippen LogP contribution in [0.15, 0.2) is 37.0 Å². The van der Waals surface area contributed by atoms with Crippen molar-refractivity contribution in [2.24, 2.45) is 0 Å². The van der Waals surface area contributed by atoms with Crippen LogP contribution in [-0.4, -0.2) is 0 Å². The molecule has 0 unspecified atom stereocenters. The van der Waals surface area contributed by atoms with Crippen LogP contribution in [0.3, 0.4) is 0 Å². The average molecular weight is 135 g/mol. The van der Waals surface area contributed by atoms with Gasteiger partial charge in [-0.15, -0.1) is 0 Å². The molecule has 0 nitrogen and oxygen atoms in total. The van der Waals surface area contributed by atoms with E-state index in [9.17, 15) is 0 Å². The van der Waals surface area contributed by atoms with E-state index in [-0.39, 0.29) is 0 Å². The Morgan fingerprint density at radius 1 is 1.10 bits per heavy atom. The number of allylic oxidation sites excluding steroid dienone is 5. The van der Waals surface area contributed by atoms with E-state index in [4.69, 9.17) is 0 Å². The molecule has 0 aliphatic carbocycles. The van der Waals surface area contributed by atoms with Crippen LogP contribution in [0.1, 0.15) is 19.3 Å². The first-order chi connectivity index (χ1) is 4.91. The lowest BCUT2D eigenvalue weighted by Gasteiger charge is -1.84. The molecule has 0 aliphatic heterocycles. The van der Waals surface area contributed by atoms with E-state index in [0.717, 1.165) is 12.8 Å². The first kappa shape index (κ1) is 9.22. The normalized spacial score (nSPS) is 11.3. The highest BCUT2D eigenvalue weighted by Crippen LogP contribution is 1.94. The van der Waals surface area contributed by atoms with Gasteiger partial charge in [0.15, 0.2) is 0 Å². The topological polar surface area (TPSA) is 0 Å². The van der Waals surface area contributed by atoms with Gasteiger partial charge in [-0.05, 0) is 12.8 Å². The third kappa shape index (κ3) is 7.22. The summed E-state index contributed by atoms with van der Waals surface area (Å²) in [6, 6.07) is 0. The molecule has 0 aliphatic rings. The third-order valence-corrected chi connectivity index (χ3v) is 1.12. The summed E-state index contributed by atoms with van der Waals surface area (Å²) < 4.78 is 0. The first-order valence-corrected chi connectivity index (χ1v) is 3.65. The van der Waals surface area contributed by atoms with Gasteiger partial charge in [0.05, 0.1) is 0 Å². The molecule has 1 radical (unpaired) electrons. The summed E-state index contributed by atoms with van der Waals surface area (Å²) in [4.78, 5) is 0. The molecule has 0 spiro atoms. The molecule has 0 saturated heterocycles. The van der Waals surface area contributed by atoms with Crippen molar-refractivity contribution < 1.29 is 0 Å². The van der Waals surface area contributed by atoms with Crippen molar-refractivity contribution in [2.45, 2.75) is 19.3 Å². The molecule has 55 valence electrons. The van der Waals surface area contributed by atoms with Gasteiger partial charge in [-0.2, -0.15) is 0 Å². The average Bonchev–Trinajstić information content (AvgIpc) is 1.97. The number of hydrogen-bond acceptors (Lipinski definition) is 0. The van der Waals surface area contributed by atoms with Gasteiger partial charge in [-0.3, -0.25) is 0 Å². The Morgan fingerprint density at radius 3 is 2.50 bits per heavy atom. The molecule has 0 rings (SSSR count). The molecule has 0 N–H and O–H groups in total. The maximum atomic E-state index is 3.75. The second kappa shape index (κ2) is 8.22. The molecular weight excluding hydrogens is 120 g/mol. The Bertz CT molecular complexity index is 118. The lowest BCUT2D eigenvalue weighted by atomic mass is 10.2. The standard InChI is InChI=1S/C10H15/c1-3-5-7-9-10-8-6-4-2/h3,5,7,9-10H,1-2,4,6,8H2/b7-5+,10-9+. The Balaban J connectivity index is 3.19. The largest absolute Gasteiger partial charge is 0.0991 e. The molecule has 0 heterocycles. The zero-order valence-electron chi connectivity index (χ0n) is 6.42. The molecule has 10 heavy (non-hydrogen) atoms. The van der Waals surface area contributed by atoms with Crippen LogP contribution in [0, 0.1) is 6.92 Å². The molecule has 0 aromatic rings. The Hall–Kier alpha value is -0.780. The van der Waals surface area contributed by atoms with Crippen LogP contribution in [-0.2, 0) is 0 Å². The van der Waals surface area contributed by atoms with Crippen molar-refractivity contribution in [3.63, 3.8) is 0 Å². The van der Waals surface area contributed by atoms with E-state index in [1.54, 1.807) is 6.08 Å². The lowest BCUT2D eigenvalue weighted by molar-refractivity contribution is 0.866. The smallest absolute Gasteiger partial charge is 0.0348 e. The van der Waals surface area contributed by atoms with Gasteiger partial charge in [-0.1, -0.05) is 50.3 Å². The predicted molar refractivity (Wildman–Crippen MR) is 47.7 cm³/mol. The molecule has 0 heteroatoms. The molecule has 0 bridgehead atoms. The van der Waals surface area contributed by atoms with Crippen molar-refractivity contribution in [1.29, 1.82) is 0 Å². The number of hydrogen-bond donors (Lipinski definition) is 0. The van der Waals surface area contributed by atoms with Gasteiger partial charge in [-0.25, -0.2) is 0 Å². The molecule has 0 atom stereocenters. The van der Waals surface area contributed by atoms with Crippen molar-refractivity contribution in [3.8, 4) is 0 Å². The fraction of sp³-hybridized carbons (Fsp3) is 0.300. The second-order valence-corrected chi connectivity index (χ2v) is 2.04.